The first-order valence-electron chi connectivity index (χ1n) is 9.47. The van der Waals surface area contributed by atoms with E-state index in [0.29, 0.717) is 27.2 Å². The van der Waals surface area contributed by atoms with E-state index in [9.17, 15) is 9.59 Å². The summed E-state index contributed by atoms with van der Waals surface area (Å²) in [5.74, 6) is -0.295. The average Bonchev–Trinajstić information content (AvgIpc) is 3.07. The van der Waals surface area contributed by atoms with Crippen LogP contribution in [0.2, 0.25) is 5.02 Å². The van der Waals surface area contributed by atoms with Crippen molar-refractivity contribution < 1.29 is 9.21 Å². The smallest absolute Gasteiger partial charge is 0.295 e. The highest BCUT2D eigenvalue weighted by Gasteiger charge is 2.43. The van der Waals surface area contributed by atoms with Crippen LogP contribution >= 0.6 is 39.3 Å². The summed E-state index contributed by atoms with van der Waals surface area (Å²) < 4.78 is 6.75. The molecule has 1 aliphatic rings. The van der Waals surface area contributed by atoms with Gasteiger partial charge in [0.25, 0.3) is 5.91 Å². The van der Waals surface area contributed by atoms with E-state index in [-0.39, 0.29) is 17.1 Å². The van der Waals surface area contributed by atoms with E-state index in [1.54, 1.807) is 59.1 Å². The van der Waals surface area contributed by atoms with E-state index in [1.807, 2.05) is 30.5 Å². The molecule has 31 heavy (non-hydrogen) atoms. The molecule has 1 amide bonds. The molecule has 1 unspecified atom stereocenters. The Bertz CT molecular complexity index is 1400. The Labute approximate surface area is 195 Å². The van der Waals surface area contributed by atoms with E-state index in [4.69, 9.17) is 16.0 Å². The lowest BCUT2D eigenvalue weighted by molar-refractivity contribution is 0.0971. The zero-order chi connectivity index (χ0) is 21.7. The van der Waals surface area contributed by atoms with Gasteiger partial charge in [-0.25, -0.2) is 0 Å². The van der Waals surface area contributed by atoms with Crippen molar-refractivity contribution in [2.45, 2.75) is 10.9 Å². The number of carbonyl (C=O) groups is 1. The second-order valence-electron chi connectivity index (χ2n) is 7.15. The molecule has 0 fully saturated rings. The molecule has 1 aromatic heterocycles. The molecule has 154 valence electrons. The number of carbonyl (C=O) groups excluding carboxylic acids is 1. The van der Waals surface area contributed by atoms with Crippen LogP contribution in [0.15, 0.2) is 85.3 Å². The Balaban J connectivity index is 1.80. The minimum absolute atomic E-state index is 0.0683. The van der Waals surface area contributed by atoms with Crippen LogP contribution in [0.25, 0.3) is 11.0 Å². The minimum Gasteiger partial charge on any atom is -0.450 e. The Morgan fingerprint density at radius 1 is 1.03 bits per heavy atom. The summed E-state index contributed by atoms with van der Waals surface area (Å²) in [4.78, 5) is 29.8. The fourth-order valence-corrected chi connectivity index (χ4v) is 4.89. The second-order valence-corrected chi connectivity index (χ2v) is 9.38. The SMILES string of the molecule is CSc1ccc(C2c3c(oc4ccc(Br)cc4c3=O)C(=O)N2c2cccc(Cl)c2)cc1. The maximum atomic E-state index is 13.6. The lowest BCUT2D eigenvalue weighted by Crippen LogP contribution is -2.29. The number of amides is 1. The molecule has 3 aromatic carbocycles. The number of benzene rings is 3. The van der Waals surface area contributed by atoms with Crippen LogP contribution in [0, 0.1) is 0 Å². The predicted molar refractivity (Wildman–Crippen MR) is 129 cm³/mol. The molecular weight excluding hydrogens is 498 g/mol. The number of fused-ring (bicyclic) bond motifs is 2. The van der Waals surface area contributed by atoms with Crippen molar-refractivity contribution >= 4 is 61.9 Å². The zero-order valence-electron chi connectivity index (χ0n) is 16.3. The van der Waals surface area contributed by atoms with Crippen molar-refractivity contribution in [3.8, 4) is 0 Å². The van der Waals surface area contributed by atoms with E-state index in [1.165, 1.54) is 0 Å². The summed E-state index contributed by atoms with van der Waals surface area (Å²) in [6.07, 6.45) is 2.00. The van der Waals surface area contributed by atoms with Gasteiger partial charge in [-0.1, -0.05) is 45.7 Å². The van der Waals surface area contributed by atoms with Gasteiger partial charge in [-0.15, -0.1) is 11.8 Å². The van der Waals surface area contributed by atoms with Crippen molar-refractivity contribution in [1.29, 1.82) is 0 Å². The van der Waals surface area contributed by atoms with E-state index >= 15 is 0 Å². The molecule has 0 radical (unpaired) electrons. The predicted octanol–water partition coefficient (Wildman–Crippen LogP) is 6.68. The van der Waals surface area contributed by atoms with Gasteiger partial charge < -0.3 is 4.42 Å². The molecule has 0 saturated heterocycles. The average molecular weight is 513 g/mol. The maximum Gasteiger partial charge on any atom is 0.295 e. The normalized spacial score (nSPS) is 15.5. The number of thioether (sulfide) groups is 1. The van der Waals surface area contributed by atoms with Gasteiger partial charge in [0.2, 0.25) is 5.76 Å². The van der Waals surface area contributed by atoms with Gasteiger partial charge in [0.15, 0.2) is 5.43 Å². The summed E-state index contributed by atoms with van der Waals surface area (Å²) >= 11 is 11.3. The largest absolute Gasteiger partial charge is 0.450 e. The molecule has 0 N–H and O–H groups in total. The monoisotopic (exact) mass is 511 g/mol. The van der Waals surface area contributed by atoms with Gasteiger partial charge in [-0.3, -0.25) is 14.5 Å². The molecule has 4 nitrogen and oxygen atoms in total. The Morgan fingerprint density at radius 3 is 2.52 bits per heavy atom. The van der Waals surface area contributed by atoms with Gasteiger partial charge in [-0.05, 0) is 60.4 Å². The van der Waals surface area contributed by atoms with Gasteiger partial charge in [-0.2, -0.15) is 0 Å². The number of hydrogen-bond donors (Lipinski definition) is 0. The number of anilines is 1. The third kappa shape index (κ3) is 3.39. The first-order chi connectivity index (χ1) is 15.0. The van der Waals surface area contributed by atoms with Gasteiger partial charge in [0.1, 0.15) is 5.58 Å². The van der Waals surface area contributed by atoms with Crippen LogP contribution in [-0.4, -0.2) is 12.2 Å². The topological polar surface area (TPSA) is 50.5 Å². The lowest BCUT2D eigenvalue weighted by atomic mass is 9.98. The van der Waals surface area contributed by atoms with Gasteiger partial charge in [0.05, 0.1) is 17.0 Å². The quantitative estimate of drug-likeness (QED) is 0.287. The fourth-order valence-electron chi connectivity index (χ4n) is 3.94. The number of nitrogens with zero attached hydrogens (tertiary/aromatic N) is 1. The van der Waals surface area contributed by atoms with Crippen molar-refractivity contribution in [2.75, 3.05) is 11.2 Å². The van der Waals surface area contributed by atoms with E-state index < -0.39 is 6.04 Å². The second kappa shape index (κ2) is 7.86. The van der Waals surface area contributed by atoms with Crippen LogP contribution in [0.5, 0.6) is 0 Å². The van der Waals surface area contributed by atoms with Crippen LogP contribution < -0.4 is 10.3 Å². The van der Waals surface area contributed by atoms with Crippen LogP contribution in [0.4, 0.5) is 5.69 Å². The summed E-state index contributed by atoms with van der Waals surface area (Å²) in [7, 11) is 0. The molecule has 2 heterocycles. The molecule has 5 rings (SSSR count). The van der Waals surface area contributed by atoms with Crippen molar-refractivity contribution in [3.63, 3.8) is 0 Å². The number of hydrogen-bond acceptors (Lipinski definition) is 4. The Kier molecular flexibility index (Phi) is 5.16. The summed E-state index contributed by atoms with van der Waals surface area (Å²) in [5.41, 5.74) is 1.94. The molecule has 0 spiro atoms. The maximum absolute atomic E-state index is 13.6. The van der Waals surface area contributed by atoms with Gasteiger partial charge in [0, 0.05) is 20.1 Å². The van der Waals surface area contributed by atoms with Crippen molar-refractivity contribution in [3.05, 3.63) is 103 Å². The van der Waals surface area contributed by atoms with Crippen molar-refractivity contribution in [1.82, 2.24) is 0 Å². The van der Waals surface area contributed by atoms with Crippen LogP contribution in [-0.2, 0) is 0 Å². The molecular formula is C24H15BrClNO3S. The molecule has 1 aliphatic heterocycles. The molecule has 0 saturated carbocycles. The highest BCUT2D eigenvalue weighted by atomic mass is 79.9. The third-order valence-electron chi connectivity index (χ3n) is 5.35. The van der Waals surface area contributed by atoms with E-state index in [0.717, 1.165) is 14.9 Å². The molecule has 4 aromatic rings. The Morgan fingerprint density at radius 2 is 1.81 bits per heavy atom. The summed E-state index contributed by atoms with van der Waals surface area (Å²) in [6.45, 7) is 0. The molecule has 7 heteroatoms. The molecule has 0 bridgehead atoms. The summed E-state index contributed by atoms with van der Waals surface area (Å²) in [5, 5.41) is 0.936. The Hall–Kier alpha value is -2.54. The first kappa shape index (κ1) is 20.4. The number of halogens is 2. The van der Waals surface area contributed by atoms with Crippen LogP contribution in [0.3, 0.4) is 0 Å². The fraction of sp³-hybridized carbons (Fsp3) is 0.0833. The first-order valence-corrected chi connectivity index (χ1v) is 11.9. The standard InChI is InChI=1S/C24H15BrClNO3S/c1-31-17-8-5-13(6-9-17)21-20-22(28)18-11-14(25)7-10-19(18)30-23(20)24(29)27(21)16-4-2-3-15(26)12-16/h2-12,21H,1H3. The minimum atomic E-state index is -0.614. The zero-order valence-corrected chi connectivity index (χ0v) is 19.4. The molecule has 0 aliphatic carbocycles. The van der Waals surface area contributed by atoms with Crippen LogP contribution in [0.1, 0.15) is 27.7 Å². The summed E-state index contributed by atoms with van der Waals surface area (Å²) in [6, 6.07) is 19.5. The lowest BCUT2D eigenvalue weighted by Gasteiger charge is -2.25. The third-order valence-corrected chi connectivity index (χ3v) is 6.82. The van der Waals surface area contributed by atoms with E-state index in [2.05, 4.69) is 15.9 Å². The van der Waals surface area contributed by atoms with Gasteiger partial charge >= 0.3 is 0 Å². The number of rotatable bonds is 3. The van der Waals surface area contributed by atoms with Crippen molar-refractivity contribution in [2.24, 2.45) is 0 Å². The molecule has 1 atom stereocenters. The highest BCUT2D eigenvalue weighted by Crippen LogP contribution is 2.42. The highest BCUT2D eigenvalue weighted by molar-refractivity contribution is 9.10.